The molecule has 1 aliphatic heterocycles. The second-order valence-corrected chi connectivity index (χ2v) is 7.29. The molecular formula is C16H18N2O4S. The summed E-state index contributed by atoms with van der Waals surface area (Å²) in [5.74, 6) is 0.411. The van der Waals surface area contributed by atoms with Gasteiger partial charge in [-0.2, -0.15) is 0 Å². The molecule has 1 aliphatic rings. The lowest BCUT2D eigenvalue weighted by atomic mass is 10.1. The molecule has 7 heteroatoms. The van der Waals surface area contributed by atoms with Crippen molar-refractivity contribution in [1.82, 2.24) is 9.62 Å². The van der Waals surface area contributed by atoms with Crippen LogP contribution in [-0.2, 0) is 16.6 Å². The van der Waals surface area contributed by atoms with Gasteiger partial charge in [-0.25, -0.2) is 13.1 Å². The van der Waals surface area contributed by atoms with Gasteiger partial charge in [0.15, 0.2) is 0 Å². The molecule has 0 radical (unpaired) electrons. The van der Waals surface area contributed by atoms with Crippen LogP contribution in [0.3, 0.4) is 0 Å². The standard InChI is InChI=1S/C16H18N2O4S/c1-12-5-6-14(10-15(12)16(19)18-7-3-8-18)23(20,21)17-11-13-4-2-9-22-13/h2,4-6,9-10,17H,3,7-8,11H2,1H3. The Hall–Kier alpha value is -2.12. The lowest BCUT2D eigenvalue weighted by Crippen LogP contribution is -2.42. The lowest BCUT2D eigenvalue weighted by molar-refractivity contribution is 0.0651. The Labute approximate surface area is 135 Å². The van der Waals surface area contributed by atoms with Crippen LogP contribution in [0.5, 0.6) is 0 Å². The van der Waals surface area contributed by atoms with E-state index in [0.717, 1.165) is 25.1 Å². The monoisotopic (exact) mass is 334 g/mol. The van der Waals surface area contributed by atoms with Crippen LogP contribution >= 0.6 is 0 Å². The molecule has 1 fully saturated rings. The normalized spacial score (nSPS) is 14.6. The zero-order chi connectivity index (χ0) is 16.4. The maximum absolute atomic E-state index is 12.4. The van der Waals surface area contributed by atoms with Crippen LogP contribution < -0.4 is 4.72 Å². The van der Waals surface area contributed by atoms with Crippen molar-refractivity contribution in [2.75, 3.05) is 13.1 Å². The number of hydrogen-bond donors (Lipinski definition) is 1. The third kappa shape index (κ3) is 3.30. The number of likely N-dealkylation sites (tertiary alicyclic amines) is 1. The largest absolute Gasteiger partial charge is 0.468 e. The number of nitrogens with one attached hydrogen (secondary N) is 1. The quantitative estimate of drug-likeness (QED) is 0.906. The molecule has 6 nitrogen and oxygen atoms in total. The van der Waals surface area contributed by atoms with Crippen LogP contribution in [0, 0.1) is 6.92 Å². The number of carbonyl (C=O) groups excluding carboxylic acids is 1. The summed E-state index contributed by atoms with van der Waals surface area (Å²) in [4.78, 5) is 14.2. The van der Waals surface area contributed by atoms with Crippen molar-refractivity contribution < 1.29 is 17.6 Å². The molecular weight excluding hydrogens is 316 g/mol. The van der Waals surface area contributed by atoms with Gasteiger partial charge in [0.2, 0.25) is 10.0 Å². The molecule has 0 unspecified atom stereocenters. The minimum absolute atomic E-state index is 0.0681. The van der Waals surface area contributed by atoms with E-state index in [1.165, 1.54) is 18.4 Å². The number of carbonyl (C=O) groups is 1. The van der Waals surface area contributed by atoms with Crippen LogP contribution in [0.25, 0.3) is 0 Å². The fourth-order valence-electron chi connectivity index (χ4n) is 2.35. The second-order valence-electron chi connectivity index (χ2n) is 5.53. The fraction of sp³-hybridized carbons (Fsp3) is 0.312. The predicted molar refractivity (Wildman–Crippen MR) is 84.4 cm³/mol. The topological polar surface area (TPSA) is 79.6 Å². The zero-order valence-corrected chi connectivity index (χ0v) is 13.6. The summed E-state index contributed by atoms with van der Waals surface area (Å²) in [5, 5.41) is 0. The van der Waals surface area contributed by atoms with E-state index in [9.17, 15) is 13.2 Å². The summed E-state index contributed by atoms with van der Waals surface area (Å²) in [6, 6.07) is 8.00. The molecule has 1 aromatic heterocycles. The van der Waals surface area contributed by atoms with Crippen molar-refractivity contribution in [2.45, 2.75) is 24.8 Å². The third-order valence-corrected chi connectivity index (χ3v) is 5.31. The van der Waals surface area contributed by atoms with E-state index in [-0.39, 0.29) is 17.3 Å². The Morgan fingerprint density at radius 3 is 2.70 bits per heavy atom. The molecule has 1 saturated heterocycles. The van der Waals surface area contributed by atoms with Crippen LogP contribution in [0.15, 0.2) is 45.9 Å². The summed E-state index contributed by atoms with van der Waals surface area (Å²) < 4.78 is 32.4. The summed E-state index contributed by atoms with van der Waals surface area (Å²) in [5.41, 5.74) is 1.21. The Morgan fingerprint density at radius 2 is 2.09 bits per heavy atom. The minimum atomic E-state index is -3.70. The SMILES string of the molecule is Cc1ccc(S(=O)(=O)NCc2ccco2)cc1C(=O)N1CCC1. The molecule has 1 aromatic carbocycles. The van der Waals surface area contributed by atoms with Gasteiger partial charge in [0.05, 0.1) is 17.7 Å². The summed E-state index contributed by atoms with van der Waals surface area (Å²) in [6.45, 7) is 3.33. The summed E-state index contributed by atoms with van der Waals surface area (Å²) in [7, 11) is -3.70. The van der Waals surface area contributed by atoms with Crippen molar-refractivity contribution in [3.63, 3.8) is 0 Å². The molecule has 0 saturated carbocycles. The molecule has 122 valence electrons. The molecule has 2 heterocycles. The van der Waals surface area contributed by atoms with Gasteiger partial charge in [-0.3, -0.25) is 4.79 Å². The highest BCUT2D eigenvalue weighted by Gasteiger charge is 2.24. The van der Waals surface area contributed by atoms with Gasteiger partial charge in [0.25, 0.3) is 5.91 Å². The number of aryl methyl sites for hydroxylation is 1. The van der Waals surface area contributed by atoms with Gasteiger partial charge < -0.3 is 9.32 Å². The molecule has 1 amide bonds. The Bertz CT molecular complexity index is 809. The van der Waals surface area contributed by atoms with E-state index < -0.39 is 10.0 Å². The molecule has 0 spiro atoms. The van der Waals surface area contributed by atoms with E-state index >= 15 is 0 Å². The Morgan fingerprint density at radius 1 is 1.30 bits per heavy atom. The van der Waals surface area contributed by atoms with Gasteiger partial charge in [-0.1, -0.05) is 6.07 Å². The summed E-state index contributed by atoms with van der Waals surface area (Å²) >= 11 is 0. The maximum atomic E-state index is 12.4. The van der Waals surface area contributed by atoms with Gasteiger partial charge in [0, 0.05) is 18.7 Å². The molecule has 1 N–H and O–H groups in total. The van der Waals surface area contributed by atoms with Crippen molar-refractivity contribution in [3.8, 4) is 0 Å². The number of benzene rings is 1. The minimum Gasteiger partial charge on any atom is -0.468 e. The highest BCUT2D eigenvalue weighted by atomic mass is 32.2. The maximum Gasteiger partial charge on any atom is 0.254 e. The number of rotatable bonds is 5. The molecule has 2 aromatic rings. The van der Waals surface area contributed by atoms with Gasteiger partial charge in [0.1, 0.15) is 5.76 Å². The third-order valence-electron chi connectivity index (χ3n) is 3.91. The van der Waals surface area contributed by atoms with Crippen LogP contribution in [0.4, 0.5) is 0 Å². The highest BCUT2D eigenvalue weighted by Crippen LogP contribution is 2.20. The van der Waals surface area contributed by atoms with Crippen molar-refractivity contribution in [1.29, 1.82) is 0 Å². The van der Waals surface area contributed by atoms with Crippen LogP contribution in [0.1, 0.15) is 28.1 Å². The average molecular weight is 334 g/mol. The Kier molecular flexibility index (Phi) is 4.23. The lowest BCUT2D eigenvalue weighted by Gasteiger charge is -2.31. The highest BCUT2D eigenvalue weighted by molar-refractivity contribution is 7.89. The van der Waals surface area contributed by atoms with Gasteiger partial charge in [-0.05, 0) is 43.2 Å². The number of furan rings is 1. The Balaban J connectivity index is 1.82. The first kappa shape index (κ1) is 15.8. The number of sulfonamides is 1. The van der Waals surface area contributed by atoms with E-state index in [2.05, 4.69) is 4.72 Å². The zero-order valence-electron chi connectivity index (χ0n) is 12.8. The van der Waals surface area contributed by atoms with Crippen LogP contribution in [0.2, 0.25) is 0 Å². The molecule has 0 atom stereocenters. The van der Waals surface area contributed by atoms with E-state index in [0.29, 0.717) is 11.3 Å². The van der Waals surface area contributed by atoms with Crippen LogP contribution in [-0.4, -0.2) is 32.3 Å². The molecule has 3 rings (SSSR count). The fourth-order valence-corrected chi connectivity index (χ4v) is 3.37. The molecule has 0 aliphatic carbocycles. The van der Waals surface area contributed by atoms with E-state index in [4.69, 9.17) is 4.42 Å². The smallest absolute Gasteiger partial charge is 0.254 e. The first-order valence-corrected chi connectivity index (χ1v) is 8.88. The number of hydrogen-bond acceptors (Lipinski definition) is 4. The number of amides is 1. The van der Waals surface area contributed by atoms with Crippen molar-refractivity contribution in [2.24, 2.45) is 0 Å². The van der Waals surface area contributed by atoms with Crippen molar-refractivity contribution >= 4 is 15.9 Å². The van der Waals surface area contributed by atoms with Gasteiger partial charge >= 0.3 is 0 Å². The first-order valence-electron chi connectivity index (χ1n) is 7.39. The molecule has 23 heavy (non-hydrogen) atoms. The average Bonchev–Trinajstić information content (AvgIpc) is 2.97. The van der Waals surface area contributed by atoms with E-state index in [1.54, 1.807) is 30.0 Å². The van der Waals surface area contributed by atoms with E-state index in [1.807, 2.05) is 0 Å². The second kappa shape index (κ2) is 6.17. The predicted octanol–water partition coefficient (Wildman–Crippen LogP) is 1.91. The summed E-state index contributed by atoms with van der Waals surface area (Å²) in [6.07, 6.45) is 2.48. The number of nitrogens with zero attached hydrogens (tertiary/aromatic N) is 1. The first-order chi connectivity index (χ1) is 11.0. The molecule has 0 bridgehead atoms. The van der Waals surface area contributed by atoms with Crippen molar-refractivity contribution in [3.05, 3.63) is 53.5 Å². The van der Waals surface area contributed by atoms with Gasteiger partial charge in [-0.15, -0.1) is 0 Å².